The molecule has 0 aliphatic carbocycles. The van der Waals surface area contributed by atoms with Gasteiger partial charge in [-0.25, -0.2) is 0 Å². The first kappa shape index (κ1) is 19.7. The summed E-state index contributed by atoms with van der Waals surface area (Å²) in [7, 11) is 0. The van der Waals surface area contributed by atoms with Crippen molar-refractivity contribution in [1.29, 1.82) is 0 Å². The van der Waals surface area contributed by atoms with Crippen molar-refractivity contribution in [3.63, 3.8) is 0 Å². The van der Waals surface area contributed by atoms with E-state index in [-0.39, 0.29) is 30.1 Å². The predicted molar refractivity (Wildman–Crippen MR) is 101 cm³/mol. The van der Waals surface area contributed by atoms with Gasteiger partial charge in [-0.1, -0.05) is 24.6 Å². The molecule has 138 valence electrons. The highest BCUT2D eigenvalue weighted by Crippen LogP contribution is 2.20. The van der Waals surface area contributed by atoms with E-state index in [1.807, 2.05) is 47.9 Å². The van der Waals surface area contributed by atoms with E-state index in [2.05, 4.69) is 5.32 Å². The zero-order chi connectivity index (χ0) is 17.1. The highest BCUT2D eigenvalue weighted by molar-refractivity contribution is 5.94. The molecule has 0 aromatic heterocycles. The zero-order valence-corrected chi connectivity index (χ0v) is 15.8. The first-order chi connectivity index (χ1) is 11.6. The van der Waals surface area contributed by atoms with Gasteiger partial charge in [0.2, 0.25) is 5.91 Å². The Bertz CT molecular complexity index is 618. The van der Waals surface area contributed by atoms with Gasteiger partial charge < -0.3 is 15.1 Å². The normalized spacial score (nSPS) is 19.4. The topological polar surface area (TPSA) is 52.7 Å². The van der Waals surface area contributed by atoms with Crippen molar-refractivity contribution < 1.29 is 9.59 Å². The molecule has 6 heteroatoms. The Kier molecular flexibility index (Phi) is 6.85. The summed E-state index contributed by atoms with van der Waals surface area (Å²) in [6, 6.07) is 7.72. The van der Waals surface area contributed by atoms with Crippen LogP contribution >= 0.6 is 12.4 Å². The fourth-order valence-corrected chi connectivity index (χ4v) is 3.46. The minimum Gasteiger partial charge on any atom is -0.341 e. The van der Waals surface area contributed by atoms with Gasteiger partial charge in [0.05, 0.1) is 0 Å². The Morgan fingerprint density at radius 3 is 2.44 bits per heavy atom. The number of carbonyl (C=O) groups is 2. The zero-order valence-electron chi connectivity index (χ0n) is 15.0. The molecule has 0 spiro atoms. The molecular formula is C19H28ClN3O2. The number of hydrogen-bond donors (Lipinski definition) is 1. The Morgan fingerprint density at radius 1 is 1.12 bits per heavy atom. The van der Waals surface area contributed by atoms with Crippen LogP contribution < -0.4 is 5.32 Å². The van der Waals surface area contributed by atoms with Gasteiger partial charge in [-0.2, -0.15) is 0 Å². The molecule has 1 unspecified atom stereocenters. The van der Waals surface area contributed by atoms with Gasteiger partial charge in [0.25, 0.3) is 5.91 Å². The minimum atomic E-state index is 0. The van der Waals surface area contributed by atoms with Crippen molar-refractivity contribution in [2.75, 3.05) is 39.3 Å². The Morgan fingerprint density at radius 2 is 1.80 bits per heavy atom. The lowest BCUT2D eigenvalue weighted by Crippen LogP contribution is -2.51. The number of benzene rings is 1. The summed E-state index contributed by atoms with van der Waals surface area (Å²) in [5.74, 6) is 0.853. The van der Waals surface area contributed by atoms with E-state index < -0.39 is 0 Å². The van der Waals surface area contributed by atoms with Crippen molar-refractivity contribution in [3.05, 3.63) is 35.4 Å². The number of nitrogens with one attached hydrogen (secondary N) is 1. The average molecular weight is 366 g/mol. The van der Waals surface area contributed by atoms with Crippen LogP contribution in [-0.4, -0.2) is 60.9 Å². The van der Waals surface area contributed by atoms with Crippen LogP contribution in [0.4, 0.5) is 0 Å². The number of carbonyl (C=O) groups excluding carboxylic acids is 2. The van der Waals surface area contributed by atoms with Gasteiger partial charge in [0, 0.05) is 37.7 Å². The molecule has 2 fully saturated rings. The predicted octanol–water partition coefficient (Wildman–Crippen LogP) is 1.95. The van der Waals surface area contributed by atoms with Gasteiger partial charge in [0.15, 0.2) is 0 Å². The van der Waals surface area contributed by atoms with Crippen molar-refractivity contribution in [3.8, 4) is 0 Å². The van der Waals surface area contributed by atoms with E-state index in [9.17, 15) is 9.59 Å². The smallest absolute Gasteiger partial charge is 0.253 e. The molecular weight excluding hydrogens is 338 g/mol. The molecule has 0 radical (unpaired) electrons. The van der Waals surface area contributed by atoms with E-state index in [1.54, 1.807) is 0 Å². The minimum absolute atomic E-state index is 0. The van der Waals surface area contributed by atoms with Crippen LogP contribution in [0.25, 0.3) is 0 Å². The summed E-state index contributed by atoms with van der Waals surface area (Å²) in [5.41, 5.74) is 1.83. The van der Waals surface area contributed by atoms with E-state index in [0.29, 0.717) is 19.0 Å². The van der Waals surface area contributed by atoms with Crippen LogP contribution in [0.3, 0.4) is 0 Å². The second-order valence-electron chi connectivity index (χ2n) is 7.05. The Labute approximate surface area is 156 Å². The monoisotopic (exact) mass is 365 g/mol. The standard InChI is InChI=1S/C19H27N3O2.ClH/c1-14-5-3-6-16(11-14)19(24)22-8-4-7-21(9-10-22)18(23)15(2)17-12-20-13-17;/h3,5-6,11,15,17,20H,4,7-10,12-13H2,1-2H3;1H. The van der Waals surface area contributed by atoms with Crippen molar-refractivity contribution >= 4 is 24.2 Å². The number of rotatable bonds is 3. The Balaban J connectivity index is 0.00000225. The maximum absolute atomic E-state index is 12.7. The highest BCUT2D eigenvalue weighted by Gasteiger charge is 2.32. The molecule has 25 heavy (non-hydrogen) atoms. The molecule has 2 amide bonds. The lowest BCUT2D eigenvalue weighted by atomic mass is 9.88. The van der Waals surface area contributed by atoms with Crippen LogP contribution in [0.1, 0.15) is 29.3 Å². The number of aryl methyl sites for hydroxylation is 1. The van der Waals surface area contributed by atoms with E-state index in [4.69, 9.17) is 0 Å². The maximum atomic E-state index is 12.7. The van der Waals surface area contributed by atoms with Gasteiger partial charge in [-0.3, -0.25) is 9.59 Å². The van der Waals surface area contributed by atoms with E-state index in [1.165, 1.54) is 0 Å². The molecule has 1 N–H and O–H groups in total. The quantitative estimate of drug-likeness (QED) is 0.890. The maximum Gasteiger partial charge on any atom is 0.253 e. The third kappa shape index (κ3) is 4.53. The van der Waals surface area contributed by atoms with Gasteiger partial charge in [-0.05, 0) is 44.5 Å². The molecule has 2 saturated heterocycles. The van der Waals surface area contributed by atoms with E-state index in [0.717, 1.165) is 43.7 Å². The highest BCUT2D eigenvalue weighted by atomic mass is 35.5. The molecule has 2 heterocycles. The summed E-state index contributed by atoms with van der Waals surface area (Å²) >= 11 is 0. The number of hydrogen-bond acceptors (Lipinski definition) is 3. The SMILES string of the molecule is Cc1cccc(C(=O)N2CCCN(C(=O)C(C)C3CNC3)CC2)c1.Cl. The van der Waals surface area contributed by atoms with Crippen LogP contribution in [-0.2, 0) is 4.79 Å². The van der Waals surface area contributed by atoms with E-state index >= 15 is 0 Å². The number of nitrogens with zero attached hydrogens (tertiary/aromatic N) is 2. The molecule has 2 aliphatic rings. The molecule has 0 bridgehead atoms. The molecule has 1 atom stereocenters. The second-order valence-corrected chi connectivity index (χ2v) is 7.05. The lowest BCUT2D eigenvalue weighted by Gasteiger charge is -2.34. The summed E-state index contributed by atoms with van der Waals surface area (Å²) in [6.45, 7) is 8.65. The number of halogens is 1. The summed E-state index contributed by atoms with van der Waals surface area (Å²) in [5, 5.41) is 3.23. The molecule has 1 aromatic rings. The second kappa shape index (κ2) is 8.68. The van der Waals surface area contributed by atoms with Gasteiger partial charge in [-0.15, -0.1) is 12.4 Å². The van der Waals surface area contributed by atoms with Gasteiger partial charge >= 0.3 is 0 Å². The van der Waals surface area contributed by atoms with Crippen LogP contribution in [0.2, 0.25) is 0 Å². The fourth-order valence-electron chi connectivity index (χ4n) is 3.46. The summed E-state index contributed by atoms with van der Waals surface area (Å²) in [4.78, 5) is 29.2. The summed E-state index contributed by atoms with van der Waals surface area (Å²) < 4.78 is 0. The average Bonchev–Trinajstić information content (AvgIpc) is 2.77. The molecule has 2 aliphatic heterocycles. The number of amides is 2. The van der Waals surface area contributed by atoms with Crippen LogP contribution in [0.15, 0.2) is 24.3 Å². The summed E-state index contributed by atoms with van der Waals surface area (Å²) in [6.07, 6.45) is 0.846. The third-order valence-corrected chi connectivity index (χ3v) is 5.27. The Hall–Kier alpha value is -1.59. The van der Waals surface area contributed by atoms with Crippen molar-refractivity contribution in [1.82, 2.24) is 15.1 Å². The third-order valence-electron chi connectivity index (χ3n) is 5.27. The van der Waals surface area contributed by atoms with Crippen molar-refractivity contribution in [2.45, 2.75) is 20.3 Å². The van der Waals surface area contributed by atoms with Crippen LogP contribution in [0.5, 0.6) is 0 Å². The van der Waals surface area contributed by atoms with Crippen LogP contribution in [0, 0.1) is 18.8 Å². The molecule has 0 saturated carbocycles. The van der Waals surface area contributed by atoms with Crippen molar-refractivity contribution in [2.24, 2.45) is 11.8 Å². The largest absolute Gasteiger partial charge is 0.341 e. The van der Waals surface area contributed by atoms with Gasteiger partial charge in [0.1, 0.15) is 0 Å². The molecule has 5 nitrogen and oxygen atoms in total. The first-order valence-corrected chi connectivity index (χ1v) is 8.91. The lowest BCUT2D eigenvalue weighted by molar-refractivity contribution is -0.137. The first-order valence-electron chi connectivity index (χ1n) is 8.91. The molecule has 1 aromatic carbocycles. The molecule has 3 rings (SSSR count). The fraction of sp³-hybridized carbons (Fsp3) is 0.579.